The molecule has 0 spiro atoms. The van der Waals surface area contributed by atoms with Crippen LogP contribution in [-0.2, 0) is 4.79 Å². The second kappa shape index (κ2) is 6.01. The molecule has 4 fully saturated rings. The molecule has 24 heavy (non-hydrogen) atoms. The topological polar surface area (TPSA) is 29.1 Å². The average molecular weight is 351 g/mol. The predicted octanol–water partition coefficient (Wildman–Crippen LogP) is 4.53. The number of hydrogen-bond acceptors (Lipinski definition) is 2. The smallest absolute Gasteiger partial charge is 0.233 e. The third kappa shape index (κ3) is 3.07. The first-order chi connectivity index (χ1) is 11.4. The summed E-state index contributed by atoms with van der Waals surface area (Å²) in [4.78, 5) is 12.9. The number of carbonyl (C=O) groups is 1. The van der Waals surface area contributed by atoms with Crippen molar-refractivity contribution >= 4 is 17.7 Å². The van der Waals surface area contributed by atoms with Crippen molar-refractivity contribution in [3.63, 3.8) is 0 Å². The fourth-order valence-electron chi connectivity index (χ4n) is 5.44. The van der Waals surface area contributed by atoms with Gasteiger partial charge in [-0.3, -0.25) is 4.79 Å². The lowest BCUT2D eigenvalue weighted by atomic mass is 9.53. The Morgan fingerprint density at radius 3 is 2.33 bits per heavy atom. The van der Waals surface area contributed by atoms with Crippen LogP contribution < -0.4 is 5.32 Å². The molecule has 0 aliphatic heterocycles. The minimum Gasteiger partial charge on any atom is -0.350 e. The minimum absolute atomic E-state index is 0.0405. The third-order valence-electron chi connectivity index (χ3n) is 5.99. The molecule has 1 aromatic rings. The van der Waals surface area contributed by atoms with Crippen molar-refractivity contribution in [3.8, 4) is 0 Å². The van der Waals surface area contributed by atoms with Crippen molar-refractivity contribution in [2.24, 2.45) is 17.8 Å². The quantitative estimate of drug-likeness (QED) is 0.808. The second-order valence-electron chi connectivity index (χ2n) is 8.02. The van der Waals surface area contributed by atoms with Crippen molar-refractivity contribution in [1.29, 1.82) is 0 Å². The van der Waals surface area contributed by atoms with Crippen LogP contribution in [0.4, 0.5) is 8.78 Å². The first-order valence-electron chi connectivity index (χ1n) is 8.86. The molecule has 4 saturated carbocycles. The molecule has 0 unspecified atom stereocenters. The lowest BCUT2D eigenvalue weighted by Gasteiger charge is -2.57. The molecule has 1 atom stereocenters. The van der Waals surface area contributed by atoms with Crippen LogP contribution in [0.25, 0.3) is 0 Å². The molecular weight excluding hydrogens is 328 g/mol. The summed E-state index contributed by atoms with van der Waals surface area (Å²) in [5.74, 6) is 1.29. The van der Waals surface area contributed by atoms with Gasteiger partial charge in [-0.25, -0.2) is 8.78 Å². The normalized spacial score (nSPS) is 35.0. The highest BCUT2D eigenvalue weighted by molar-refractivity contribution is 8.00. The fourth-order valence-corrected chi connectivity index (χ4v) is 6.35. The molecule has 5 rings (SSSR count). The summed E-state index contributed by atoms with van der Waals surface area (Å²) in [6.45, 7) is 1.77. The summed E-state index contributed by atoms with van der Waals surface area (Å²) in [6.07, 6.45) is 7.26. The fraction of sp³-hybridized carbons (Fsp3) is 0.632. The van der Waals surface area contributed by atoms with Gasteiger partial charge in [0.2, 0.25) is 5.91 Å². The minimum atomic E-state index is -0.479. The van der Waals surface area contributed by atoms with E-state index in [9.17, 15) is 13.6 Å². The van der Waals surface area contributed by atoms with Gasteiger partial charge >= 0.3 is 0 Å². The first kappa shape index (κ1) is 16.4. The maximum Gasteiger partial charge on any atom is 0.233 e. The molecular formula is C19H23F2NOS. The Hall–Kier alpha value is -1.10. The molecule has 0 heterocycles. The number of thioether (sulfide) groups is 1. The molecule has 4 aliphatic carbocycles. The van der Waals surface area contributed by atoms with Crippen LogP contribution in [-0.4, -0.2) is 16.7 Å². The summed E-state index contributed by atoms with van der Waals surface area (Å²) in [6, 6.07) is 3.37. The standard InChI is InChI=1S/C19H23F2NOS/c1-11(24-17-7-15(20)2-3-16(17)21)18(23)22-19-8-12-4-13(9-19)6-14(5-12)10-19/h2-3,7,11-14H,4-6,8-10H2,1H3,(H,22,23)/t11-,12?,13?,14?,19?/m1/s1. The van der Waals surface area contributed by atoms with E-state index in [0.717, 1.165) is 67.0 Å². The number of rotatable bonds is 4. The highest BCUT2D eigenvalue weighted by Crippen LogP contribution is 2.55. The summed E-state index contributed by atoms with van der Waals surface area (Å²) in [7, 11) is 0. The van der Waals surface area contributed by atoms with Crippen LogP contribution in [0.15, 0.2) is 23.1 Å². The lowest BCUT2D eigenvalue weighted by Crippen LogP contribution is -2.60. The zero-order valence-corrected chi connectivity index (χ0v) is 14.7. The largest absolute Gasteiger partial charge is 0.350 e. The van der Waals surface area contributed by atoms with Gasteiger partial charge in [0.05, 0.1) is 5.25 Å². The highest BCUT2D eigenvalue weighted by atomic mass is 32.2. The van der Waals surface area contributed by atoms with Gasteiger partial charge in [0.25, 0.3) is 0 Å². The number of nitrogens with one attached hydrogen (secondary N) is 1. The van der Waals surface area contributed by atoms with Crippen LogP contribution >= 0.6 is 11.8 Å². The first-order valence-corrected chi connectivity index (χ1v) is 9.74. The van der Waals surface area contributed by atoms with Gasteiger partial charge in [-0.1, -0.05) is 0 Å². The summed E-state index contributed by atoms with van der Waals surface area (Å²) < 4.78 is 27.1. The average Bonchev–Trinajstić information content (AvgIpc) is 2.49. The van der Waals surface area contributed by atoms with Crippen molar-refractivity contribution in [1.82, 2.24) is 5.32 Å². The van der Waals surface area contributed by atoms with E-state index >= 15 is 0 Å². The Labute approximate surface area is 145 Å². The van der Waals surface area contributed by atoms with Crippen LogP contribution in [0, 0.1) is 29.4 Å². The van der Waals surface area contributed by atoms with Gasteiger partial charge < -0.3 is 5.32 Å². The van der Waals surface area contributed by atoms with Crippen molar-refractivity contribution < 1.29 is 13.6 Å². The Morgan fingerprint density at radius 1 is 1.17 bits per heavy atom. The van der Waals surface area contributed by atoms with E-state index in [2.05, 4.69) is 5.32 Å². The highest BCUT2D eigenvalue weighted by Gasteiger charge is 2.51. The molecule has 1 amide bonds. The SMILES string of the molecule is C[C@@H](Sc1cc(F)ccc1F)C(=O)NC12CC3CC(CC(C3)C1)C2. The number of amides is 1. The van der Waals surface area contributed by atoms with Crippen LogP contribution in [0.3, 0.4) is 0 Å². The van der Waals surface area contributed by atoms with Gasteiger partial charge in [-0.2, -0.15) is 0 Å². The molecule has 0 aromatic heterocycles. The Morgan fingerprint density at radius 2 is 1.75 bits per heavy atom. The summed E-state index contributed by atoms with van der Waals surface area (Å²) in [5.41, 5.74) is -0.0405. The molecule has 2 nitrogen and oxygen atoms in total. The molecule has 1 aromatic carbocycles. The van der Waals surface area contributed by atoms with E-state index in [4.69, 9.17) is 0 Å². The number of hydrogen-bond donors (Lipinski definition) is 1. The molecule has 4 aliphatic rings. The Balaban J connectivity index is 1.43. The zero-order chi connectivity index (χ0) is 16.9. The van der Waals surface area contributed by atoms with E-state index in [1.165, 1.54) is 19.3 Å². The molecule has 0 radical (unpaired) electrons. The van der Waals surface area contributed by atoms with Crippen LogP contribution in [0.1, 0.15) is 45.4 Å². The number of benzene rings is 1. The maximum absolute atomic E-state index is 13.8. The van der Waals surface area contributed by atoms with Gasteiger partial charge in [-0.05, 0) is 81.4 Å². The van der Waals surface area contributed by atoms with Gasteiger partial charge in [0.1, 0.15) is 11.6 Å². The third-order valence-corrected chi connectivity index (χ3v) is 7.13. The molecule has 0 saturated heterocycles. The second-order valence-corrected chi connectivity index (χ2v) is 9.40. The van der Waals surface area contributed by atoms with Crippen molar-refractivity contribution in [2.75, 3.05) is 0 Å². The number of halogens is 2. The Bertz CT molecular complexity index is 627. The van der Waals surface area contributed by atoms with Crippen LogP contribution in [0.5, 0.6) is 0 Å². The predicted molar refractivity (Wildman–Crippen MR) is 90.7 cm³/mol. The van der Waals surface area contributed by atoms with E-state index in [1.807, 2.05) is 0 Å². The van der Waals surface area contributed by atoms with Gasteiger partial charge in [-0.15, -0.1) is 11.8 Å². The van der Waals surface area contributed by atoms with E-state index in [1.54, 1.807) is 6.92 Å². The Kier molecular flexibility index (Phi) is 4.10. The van der Waals surface area contributed by atoms with Gasteiger partial charge in [0.15, 0.2) is 0 Å². The number of carbonyl (C=O) groups excluding carboxylic acids is 1. The molecule has 1 N–H and O–H groups in total. The summed E-state index contributed by atoms with van der Waals surface area (Å²) in [5, 5.41) is 2.87. The lowest BCUT2D eigenvalue weighted by molar-refractivity contribution is -0.126. The molecule has 130 valence electrons. The maximum atomic E-state index is 13.8. The van der Waals surface area contributed by atoms with Gasteiger partial charge in [0, 0.05) is 10.4 Å². The summed E-state index contributed by atoms with van der Waals surface area (Å²) >= 11 is 1.09. The van der Waals surface area contributed by atoms with Crippen molar-refractivity contribution in [3.05, 3.63) is 29.8 Å². The van der Waals surface area contributed by atoms with E-state index in [-0.39, 0.29) is 16.3 Å². The molecule has 5 heteroatoms. The van der Waals surface area contributed by atoms with Crippen molar-refractivity contribution in [2.45, 2.75) is 61.1 Å². The van der Waals surface area contributed by atoms with Crippen LogP contribution in [0.2, 0.25) is 0 Å². The zero-order valence-electron chi connectivity index (χ0n) is 13.9. The van der Waals surface area contributed by atoms with E-state index < -0.39 is 16.9 Å². The monoisotopic (exact) mass is 351 g/mol. The van der Waals surface area contributed by atoms with E-state index in [0.29, 0.717) is 0 Å². The molecule has 4 bridgehead atoms.